The van der Waals surface area contributed by atoms with E-state index >= 15 is 0 Å². The zero-order chi connectivity index (χ0) is 12.7. The Kier molecular flexibility index (Phi) is 6.48. The van der Waals surface area contributed by atoms with Crippen LogP contribution in [-0.4, -0.2) is 26.3 Å². The lowest BCUT2D eigenvalue weighted by atomic mass is 10.0. The number of halogens is 2. The van der Waals surface area contributed by atoms with Crippen molar-refractivity contribution >= 4 is 11.6 Å². The fourth-order valence-electron chi connectivity index (χ4n) is 1.80. The molecule has 0 saturated carbocycles. The molecule has 4 heteroatoms. The zero-order valence-corrected chi connectivity index (χ0v) is 11.1. The first-order valence-electron chi connectivity index (χ1n) is 5.84. The fraction of sp³-hybridized carbons (Fsp3) is 0.538. The number of benzene rings is 1. The second-order valence-corrected chi connectivity index (χ2v) is 4.33. The number of methoxy groups -OCH3 is 1. The number of rotatable bonds is 7. The first-order chi connectivity index (χ1) is 8.19. The normalized spacial score (nSPS) is 12.7. The summed E-state index contributed by atoms with van der Waals surface area (Å²) in [6.45, 7) is 3.61. The van der Waals surface area contributed by atoms with Crippen molar-refractivity contribution in [2.24, 2.45) is 0 Å². The van der Waals surface area contributed by atoms with Gasteiger partial charge in [-0.05, 0) is 31.0 Å². The van der Waals surface area contributed by atoms with E-state index in [2.05, 4.69) is 5.32 Å². The Morgan fingerprint density at radius 3 is 2.88 bits per heavy atom. The van der Waals surface area contributed by atoms with Crippen LogP contribution in [0.3, 0.4) is 0 Å². The van der Waals surface area contributed by atoms with Gasteiger partial charge in [0.25, 0.3) is 0 Å². The monoisotopic (exact) mass is 259 g/mol. The summed E-state index contributed by atoms with van der Waals surface area (Å²) in [5.41, 5.74) is 0.841. The number of nitrogens with one attached hydrogen (secondary N) is 1. The summed E-state index contributed by atoms with van der Waals surface area (Å²) >= 11 is 5.94. The third kappa shape index (κ3) is 4.62. The van der Waals surface area contributed by atoms with Gasteiger partial charge in [0.05, 0.1) is 5.02 Å². The standard InChI is InChI=1S/C13H19ClFNO/c1-3-16-11(7-8-17-2)9-10-5-4-6-12(15)13(10)14/h4-6,11,16H,3,7-9H2,1-2H3. The van der Waals surface area contributed by atoms with E-state index in [1.54, 1.807) is 13.2 Å². The van der Waals surface area contributed by atoms with Crippen LogP contribution >= 0.6 is 11.6 Å². The molecule has 2 nitrogen and oxygen atoms in total. The van der Waals surface area contributed by atoms with E-state index in [1.807, 2.05) is 13.0 Å². The summed E-state index contributed by atoms with van der Waals surface area (Å²) in [6.07, 6.45) is 1.60. The molecular formula is C13H19ClFNO. The average Bonchev–Trinajstić information content (AvgIpc) is 2.32. The Balaban J connectivity index is 2.67. The quantitative estimate of drug-likeness (QED) is 0.813. The summed E-state index contributed by atoms with van der Waals surface area (Å²) in [4.78, 5) is 0. The molecule has 1 aromatic rings. The Morgan fingerprint density at radius 2 is 2.24 bits per heavy atom. The summed E-state index contributed by atoms with van der Waals surface area (Å²) in [5.74, 6) is -0.355. The van der Waals surface area contributed by atoms with E-state index in [0.717, 1.165) is 18.5 Å². The number of ether oxygens (including phenoxy) is 1. The molecule has 0 fully saturated rings. The Labute approximate surface area is 107 Å². The van der Waals surface area contributed by atoms with Crippen molar-refractivity contribution in [3.8, 4) is 0 Å². The highest BCUT2D eigenvalue weighted by atomic mass is 35.5. The zero-order valence-electron chi connectivity index (χ0n) is 10.3. The van der Waals surface area contributed by atoms with Gasteiger partial charge in [-0.1, -0.05) is 30.7 Å². The molecule has 0 saturated heterocycles. The second-order valence-electron chi connectivity index (χ2n) is 3.95. The molecule has 1 atom stereocenters. The first-order valence-corrected chi connectivity index (χ1v) is 6.22. The molecule has 0 aliphatic carbocycles. The van der Waals surface area contributed by atoms with Gasteiger partial charge in [-0.2, -0.15) is 0 Å². The van der Waals surface area contributed by atoms with Crippen LogP contribution in [0.4, 0.5) is 4.39 Å². The Morgan fingerprint density at radius 1 is 1.47 bits per heavy atom. The van der Waals surface area contributed by atoms with E-state index < -0.39 is 0 Å². The first kappa shape index (κ1) is 14.4. The summed E-state index contributed by atoms with van der Waals surface area (Å²) in [6, 6.07) is 5.20. The van der Waals surface area contributed by atoms with Crippen LogP contribution in [0.5, 0.6) is 0 Å². The predicted molar refractivity (Wildman–Crippen MR) is 69.1 cm³/mol. The molecule has 96 valence electrons. The maximum atomic E-state index is 13.3. The highest BCUT2D eigenvalue weighted by Gasteiger charge is 2.12. The van der Waals surface area contributed by atoms with Crippen LogP contribution in [0.25, 0.3) is 0 Å². The van der Waals surface area contributed by atoms with Gasteiger partial charge in [0.1, 0.15) is 5.82 Å². The van der Waals surface area contributed by atoms with E-state index in [0.29, 0.717) is 13.0 Å². The van der Waals surface area contributed by atoms with Gasteiger partial charge in [-0.25, -0.2) is 4.39 Å². The van der Waals surface area contributed by atoms with E-state index in [1.165, 1.54) is 6.07 Å². The molecular weight excluding hydrogens is 241 g/mol. The molecule has 1 N–H and O–H groups in total. The van der Waals surface area contributed by atoms with Crippen molar-refractivity contribution in [1.82, 2.24) is 5.32 Å². The van der Waals surface area contributed by atoms with Crippen LogP contribution in [-0.2, 0) is 11.2 Å². The smallest absolute Gasteiger partial charge is 0.142 e. The average molecular weight is 260 g/mol. The molecule has 1 unspecified atom stereocenters. The molecule has 0 aliphatic rings. The Bertz CT molecular complexity index is 346. The minimum absolute atomic E-state index is 0.229. The van der Waals surface area contributed by atoms with Crippen molar-refractivity contribution in [3.63, 3.8) is 0 Å². The van der Waals surface area contributed by atoms with Gasteiger partial charge in [0, 0.05) is 19.8 Å². The molecule has 1 aromatic carbocycles. The molecule has 0 spiro atoms. The van der Waals surface area contributed by atoms with E-state index in [9.17, 15) is 4.39 Å². The number of hydrogen-bond acceptors (Lipinski definition) is 2. The Hall–Kier alpha value is -0.640. The van der Waals surface area contributed by atoms with Gasteiger partial charge >= 0.3 is 0 Å². The number of hydrogen-bond donors (Lipinski definition) is 1. The van der Waals surface area contributed by atoms with E-state index in [-0.39, 0.29) is 16.9 Å². The van der Waals surface area contributed by atoms with E-state index in [4.69, 9.17) is 16.3 Å². The minimum Gasteiger partial charge on any atom is -0.385 e. The summed E-state index contributed by atoms with van der Waals surface area (Å²) in [7, 11) is 1.68. The summed E-state index contributed by atoms with van der Waals surface area (Å²) in [5, 5.41) is 3.58. The van der Waals surface area contributed by atoms with Gasteiger partial charge in [0.15, 0.2) is 0 Å². The third-order valence-electron chi connectivity index (χ3n) is 2.66. The molecule has 0 heterocycles. The van der Waals surface area contributed by atoms with Gasteiger partial charge in [-0.3, -0.25) is 0 Å². The van der Waals surface area contributed by atoms with Gasteiger partial charge in [-0.15, -0.1) is 0 Å². The molecule has 0 aliphatic heterocycles. The van der Waals surface area contributed by atoms with Crippen LogP contribution < -0.4 is 5.32 Å². The van der Waals surface area contributed by atoms with Crippen molar-refractivity contribution in [2.75, 3.05) is 20.3 Å². The largest absolute Gasteiger partial charge is 0.385 e. The van der Waals surface area contributed by atoms with Gasteiger partial charge in [0.2, 0.25) is 0 Å². The van der Waals surface area contributed by atoms with Crippen LogP contribution in [0.2, 0.25) is 5.02 Å². The SMILES string of the molecule is CCNC(CCOC)Cc1cccc(F)c1Cl. The highest BCUT2D eigenvalue weighted by Crippen LogP contribution is 2.21. The fourth-order valence-corrected chi connectivity index (χ4v) is 2.00. The molecule has 0 aromatic heterocycles. The molecule has 17 heavy (non-hydrogen) atoms. The van der Waals surface area contributed by atoms with Crippen LogP contribution in [0, 0.1) is 5.82 Å². The van der Waals surface area contributed by atoms with Crippen LogP contribution in [0.15, 0.2) is 18.2 Å². The summed E-state index contributed by atoms with van der Waals surface area (Å²) < 4.78 is 18.4. The molecule has 0 bridgehead atoms. The maximum Gasteiger partial charge on any atom is 0.142 e. The predicted octanol–water partition coefficient (Wildman–Crippen LogP) is 3.04. The molecule has 1 rings (SSSR count). The second kappa shape index (κ2) is 7.64. The van der Waals surface area contributed by atoms with Crippen molar-refractivity contribution < 1.29 is 9.13 Å². The van der Waals surface area contributed by atoms with Crippen molar-refractivity contribution in [3.05, 3.63) is 34.6 Å². The van der Waals surface area contributed by atoms with Crippen molar-refractivity contribution in [1.29, 1.82) is 0 Å². The maximum absolute atomic E-state index is 13.3. The lowest BCUT2D eigenvalue weighted by Gasteiger charge is -2.18. The lowest BCUT2D eigenvalue weighted by molar-refractivity contribution is 0.183. The lowest BCUT2D eigenvalue weighted by Crippen LogP contribution is -2.32. The van der Waals surface area contributed by atoms with Crippen LogP contribution in [0.1, 0.15) is 18.9 Å². The number of likely N-dealkylation sites (N-methyl/N-ethyl adjacent to an activating group) is 1. The molecule has 0 radical (unpaired) electrons. The third-order valence-corrected chi connectivity index (χ3v) is 3.08. The van der Waals surface area contributed by atoms with Crippen molar-refractivity contribution in [2.45, 2.75) is 25.8 Å². The van der Waals surface area contributed by atoms with Gasteiger partial charge < -0.3 is 10.1 Å². The highest BCUT2D eigenvalue weighted by molar-refractivity contribution is 6.31. The minimum atomic E-state index is -0.355. The topological polar surface area (TPSA) is 21.3 Å². The molecule has 0 amide bonds.